The Kier molecular flexibility index (Phi) is 3.74. The van der Waals surface area contributed by atoms with Gasteiger partial charge in [0.1, 0.15) is 18.2 Å². The number of nitrogens with zero attached hydrogens (tertiary/aromatic N) is 1. The number of benzene rings is 2. The maximum absolute atomic E-state index is 5.96. The van der Waals surface area contributed by atoms with Gasteiger partial charge in [-0.3, -0.25) is 0 Å². The molecule has 0 bridgehead atoms. The van der Waals surface area contributed by atoms with E-state index in [0.29, 0.717) is 27.5 Å². The Balaban J connectivity index is 1.79. The molecule has 0 amide bonds. The molecule has 0 saturated heterocycles. The highest BCUT2D eigenvalue weighted by Crippen LogP contribution is 2.26. The molecule has 2 aromatic carbocycles. The summed E-state index contributed by atoms with van der Waals surface area (Å²) < 4.78 is 5.62. The Morgan fingerprint density at radius 1 is 1.00 bits per heavy atom. The predicted octanol–water partition coefficient (Wildman–Crippen LogP) is 5.10. The Labute approximate surface area is 130 Å². The van der Waals surface area contributed by atoms with Gasteiger partial charge >= 0.3 is 0 Å². The lowest BCUT2D eigenvalue weighted by Crippen LogP contribution is -1.97. The first-order valence-electron chi connectivity index (χ1n) is 5.84. The van der Waals surface area contributed by atoms with Gasteiger partial charge in [-0.05, 0) is 36.4 Å². The molecule has 6 heteroatoms. The molecule has 102 valence electrons. The number of halogens is 3. The van der Waals surface area contributed by atoms with E-state index in [1.54, 1.807) is 36.4 Å². The monoisotopic (exact) mass is 326 g/mol. The second kappa shape index (κ2) is 5.52. The minimum atomic E-state index is 0.325. The van der Waals surface area contributed by atoms with Crippen LogP contribution in [0.4, 0.5) is 0 Å². The lowest BCUT2D eigenvalue weighted by molar-refractivity contribution is 0.297. The normalized spacial score (nSPS) is 10.9. The molecular weight excluding hydrogens is 319 g/mol. The zero-order chi connectivity index (χ0) is 14.1. The van der Waals surface area contributed by atoms with Crippen LogP contribution in [-0.2, 0) is 6.61 Å². The molecule has 20 heavy (non-hydrogen) atoms. The molecule has 0 spiro atoms. The van der Waals surface area contributed by atoms with Crippen molar-refractivity contribution in [3.05, 3.63) is 57.3 Å². The van der Waals surface area contributed by atoms with E-state index in [9.17, 15) is 0 Å². The molecule has 0 aliphatic carbocycles. The van der Waals surface area contributed by atoms with Crippen molar-refractivity contribution in [2.24, 2.45) is 0 Å². The van der Waals surface area contributed by atoms with Gasteiger partial charge in [0.25, 0.3) is 0 Å². The molecule has 0 aliphatic heterocycles. The Morgan fingerprint density at radius 3 is 2.45 bits per heavy atom. The minimum absolute atomic E-state index is 0.325. The molecule has 1 N–H and O–H groups in total. The highest BCUT2D eigenvalue weighted by atomic mass is 35.5. The van der Waals surface area contributed by atoms with Crippen molar-refractivity contribution in [2.45, 2.75) is 6.61 Å². The van der Waals surface area contributed by atoms with Crippen LogP contribution < -0.4 is 4.74 Å². The van der Waals surface area contributed by atoms with Gasteiger partial charge in [0.2, 0.25) is 0 Å². The summed E-state index contributed by atoms with van der Waals surface area (Å²) >= 11 is 17.7. The first-order valence-corrected chi connectivity index (χ1v) is 6.97. The number of aromatic nitrogens is 2. The number of imidazole rings is 1. The van der Waals surface area contributed by atoms with Gasteiger partial charge in [-0.1, -0.05) is 34.8 Å². The Bertz CT molecular complexity index is 714. The number of H-pyrrole nitrogens is 1. The van der Waals surface area contributed by atoms with E-state index in [1.165, 1.54) is 0 Å². The zero-order valence-electron chi connectivity index (χ0n) is 10.2. The molecule has 3 rings (SSSR count). The van der Waals surface area contributed by atoms with Gasteiger partial charge in [-0.25, -0.2) is 4.98 Å². The van der Waals surface area contributed by atoms with E-state index in [2.05, 4.69) is 9.97 Å². The minimum Gasteiger partial charge on any atom is -0.486 e. The van der Waals surface area contributed by atoms with Gasteiger partial charge in [0, 0.05) is 5.02 Å². The summed E-state index contributed by atoms with van der Waals surface area (Å²) in [6, 6.07) is 10.6. The summed E-state index contributed by atoms with van der Waals surface area (Å²) in [5.41, 5.74) is 1.59. The number of nitrogens with one attached hydrogen (secondary N) is 1. The molecule has 0 fully saturated rings. The lowest BCUT2D eigenvalue weighted by atomic mass is 10.3. The van der Waals surface area contributed by atoms with Gasteiger partial charge in [-0.15, -0.1) is 0 Å². The molecule has 0 aliphatic rings. The maximum Gasteiger partial charge on any atom is 0.146 e. The summed E-state index contributed by atoms with van der Waals surface area (Å²) in [6.45, 7) is 0.325. The summed E-state index contributed by atoms with van der Waals surface area (Å²) in [6.07, 6.45) is 0. The van der Waals surface area contributed by atoms with Crippen LogP contribution in [0.3, 0.4) is 0 Å². The molecule has 3 aromatic rings. The van der Waals surface area contributed by atoms with Crippen LogP contribution in [0.1, 0.15) is 5.82 Å². The molecule has 0 saturated carbocycles. The number of ether oxygens (including phenoxy) is 1. The van der Waals surface area contributed by atoms with Crippen LogP contribution in [0, 0.1) is 0 Å². The zero-order valence-corrected chi connectivity index (χ0v) is 12.4. The highest BCUT2D eigenvalue weighted by molar-refractivity contribution is 6.42. The number of rotatable bonds is 3. The molecule has 0 radical (unpaired) electrons. The predicted molar refractivity (Wildman–Crippen MR) is 81.9 cm³/mol. The second-order valence-corrected chi connectivity index (χ2v) is 5.46. The number of hydrogen-bond donors (Lipinski definition) is 1. The largest absolute Gasteiger partial charge is 0.486 e. The molecular formula is C14H9Cl3N2O. The van der Waals surface area contributed by atoms with Crippen molar-refractivity contribution < 1.29 is 4.74 Å². The highest BCUT2D eigenvalue weighted by Gasteiger charge is 2.07. The second-order valence-electron chi connectivity index (χ2n) is 4.21. The third kappa shape index (κ3) is 2.85. The van der Waals surface area contributed by atoms with E-state index in [4.69, 9.17) is 39.5 Å². The fourth-order valence-corrected chi connectivity index (χ4v) is 2.26. The average Bonchev–Trinajstić information content (AvgIpc) is 2.80. The third-order valence-corrected chi connectivity index (χ3v) is 3.74. The first kappa shape index (κ1) is 13.6. The van der Waals surface area contributed by atoms with E-state index in [1.807, 2.05) is 0 Å². The topological polar surface area (TPSA) is 37.9 Å². The van der Waals surface area contributed by atoms with E-state index < -0.39 is 0 Å². The van der Waals surface area contributed by atoms with Crippen molar-refractivity contribution in [2.75, 3.05) is 0 Å². The van der Waals surface area contributed by atoms with Gasteiger partial charge < -0.3 is 9.72 Å². The quantitative estimate of drug-likeness (QED) is 0.726. The molecule has 1 aromatic heterocycles. The maximum atomic E-state index is 5.96. The van der Waals surface area contributed by atoms with E-state index in [-0.39, 0.29) is 0 Å². The van der Waals surface area contributed by atoms with Gasteiger partial charge in [0.05, 0.1) is 21.1 Å². The molecule has 1 heterocycles. The third-order valence-electron chi connectivity index (χ3n) is 2.76. The molecule has 3 nitrogen and oxygen atoms in total. The van der Waals surface area contributed by atoms with Crippen molar-refractivity contribution in [3.8, 4) is 5.75 Å². The standard InChI is InChI=1S/C14H9Cl3N2O/c15-8-1-3-9(4-2-8)20-7-14-18-12-5-10(16)11(17)6-13(12)19-14/h1-6H,7H2,(H,18,19). The SMILES string of the molecule is Clc1ccc(OCc2nc3cc(Cl)c(Cl)cc3[nH]2)cc1. The van der Waals surface area contributed by atoms with Crippen molar-refractivity contribution in [1.29, 1.82) is 0 Å². The summed E-state index contributed by atoms with van der Waals surface area (Å²) in [5.74, 6) is 1.43. The average molecular weight is 328 g/mol. The fourth-order valence-electron chi connectivity index (χ4n) is 1.81. The van der Waals surface area contributed by atoms with Crippen LogP contribution in [-0.4, -0.2) is 9.97 Å². The van der Waals surface area contributed by atoms with Crippen molar-refractivity contribution in [3.63, 3.8) is 0 Å². The fraction of sp³-hybridized carbons (Fsp3) is 0.0714. The van der Waals surface area contributed by atoms with E-state index in [0.717, 1.165) is 16.8 Å². The lowest BCUT2D eigenvalue weighted by Gasteiger charge is -2.03. The van der Waals surface area contributed by atoms with Gasteiger partial charge in [-0.2, -0.15) is 0 Å². The van der Waals surface area contributed by atoms with Crippen LogP contribution in [0.2, 0.25) is 15.1 Å². The van der Waals surface area contributed by atoms with Crippen LogP contribution in [0.5, 0.6) is 5.75 Å². The van der Waals surface area contributed by atoms with Crippen molar-refractivity contribution in [1.82, 2.24) is 9.97 Å². The van der Waals surface area contributed by atoms with Crippen LogP contribution in [0.25, 0.3) is 11.0 Å². The van der Waals surface area contributed by atoms with E-state index >= 15 is 0 Å². The first-order chi connectivity index (χ1) is 9.61. The summed E-state index contributed by atoms with van der Waals surface area (Å²) in [4.78, 5) is 7.54. The summed E-state index contributed by atoms with van der Waals surface area (Å²) in [7, 11) is 0. The number of aromatic amines is 1. The Morgan fingerprint density at radius 2 is 1.70 bits per heavy atom. The molecule has 0 unspecified atom stereocenters. The number of hydrogen-bond acceptors (Lipinski definition) is 2. The smallest absolute Gasteiger partial charge is 0.146 e. The van der Waals surface area contributed by atoms with Crippen LogP contribution in [0.15, 0.2) is 36.4 Å². The summed E-state index contributed by atoms with van der Waals surface area (Å²) in [5, 5.41) is 1.65. The Hall–Kier alpha value is -1.42. The van der Waals surface area contributed by atoms with Crippen LogP contribution >= 0.6 is 34.8 Å². The number of fused-ring (bicyclic) bond motifs is 1. The molecule has 0 atom stereocenters. The van der Waals surface area contributed by atoms with Gasteiger partial charge in [0.15, 0.2) is 0 Å². The van der Waals surface area contributed by atoms with Crippen molar-refractivity contribution >= 4 is 45.8 Å².